The SMILES string of the molecule is COc1ccc(CCNCC2(CN)COC2)cc1Br. The number of hydrogen-bond acceptors (Lipinski definition) is 4. The third-order valence-corrected chi connectivity index (χ3v) is 4.18. The molecule has 1 aliphatic heterocycles. The lowest BCUT2D eigenvalue weighted by Crippen LogP contribution is -2.54. The van der Waals surface area contributed by atoms with Crippen LogP contribution in [0.15, 0.2) is 22.7 Å². The van der Waals surface area contributed by atoms with E-state index in [0.717, 1.165) is 42.9 Å². The summed E-state index contributed by atoms with van der Waals surface area (Å²) in [4.78, 5) is 0. The topological polar surface area (TPSA) is 56.5 Å². The quantitative estimate of drug-likeness (QED) is 0.746. The maximum Gasteiger partial charge on any atom is 0.133 e. The van der Waals surface area contributed by atoms with Crippen LogP contribution in [0.3, 0.4) is 0 Å². The van der Waals surface area contributed by atoms with E-state index in [1.54, 1.807) is 7.11 Å². The number of benzene rings is 1. The molecule has 1 fully saturated rings. The molecule has 0 aromatic heterocycles. The zero-order valence-electron chi connectivity index (χ0n) is 11.2. The summed E-state index contributed by atoms with van der Waals surface area (Å²) in [7, 11) is 1.67. The van der Waals surface area contributed by atoms with E-state index < -0.39 is 0 Å². The second kappa shape index (κ2) is 6.70. The van der Waals surface area contributed by atoms with Gasteiger partial charge in [0.25, 0.3) is 0 Å². The molecule has 1 heterocycles. The van der Waals surface area contributed by atoms with Gasteiger partial charge in [0.15, 0.2) is 0 Å². The molecular weight excluding hydrogens is 308 g/mol. The minimum absolute atomic E-state index is 0.167. The molecule has 3 N–H and O–H groups in total. The summed E-state index contributed by atoms with van der Waals surface area (Å²) in [6.07, 6.45) is 0.990. The van der Waals surface area contributed by atoms with E-state index >= 15 is 0 Å². The summed E-state index contributed by atoms with van der Waals surface area (Å²) < 4.78 is 11.5. The Bertz CT molecular complexity index is 416. The summed E-state index contributed by atoms with van der Waals surface area (Å²) >= 11 is 3.50. The predicted octanol–water partition coefficient (Wildman–Crippen LogP) is 1.57. The number of nitrogens with one attached hydrogen (secondary N) is 1. The summed E-state index contributed by atoms with van der Waals surface area (Å²) in [5.41, 5.74) is 7.23. The fourth-order valence-electron chi connectivity index (χ4n) is 2.13. The van der Waals surface area contributed by atoms with Gasteiger partial charge in [0.05, 0.1) is 24.8 Å². The number of nitrogens with two attached hydrogens (primary N) is 1. The molecule has 106 valence electrons. The largest absolute Gasteiger partial charge is 0.496 e. The molecule has 0 radical (unpaired) electrons. The van der Waals surface area contributed by atoms with E-state index in [1.165, 1.54) is 5.56 Å². The monoisotopic (exact) mass is 328 g/mol. The van der Waals surface area contributed by atoms with Crippen LogP contribution in [0.4, 0.5) is 0 Å². The van der Waals surface area contributed by atoms with Crippen LogP contribution in [0.25, 0.3) is 0 Å². The van der Waals surface area contributed by atoms with Crippen molar-refractivity contribution in [2.75, 3.05) is 40.0 Å². The Balaban J connectivity index is 1.75. The van der Waals surface area contributed by atoms with E-state index in [9.17, 15) is 0 Å². The third-order valence-electron chi connectivity index (χ3n) is 3.56. The molecule has 4 nitrogen and oxygen atoms in total. The van der Waals surface area contributed by atoms with Crippen molar-refractivity contribution in [1.29, 1.82) is 0 Å². The highest BCUT2D eigenvalue weighted by molar-refractivity contribution is 9.10. The van der Waals surface area contributed by atoms with Gasteiger partial charge in [-0.25, -0.2) is 0 Å². The zero-order valence-corrected chi connectivity index (χ0v) is 12.8. The molecule has 0 aliphatic carbocycles. The Morgan fingerprint density at radius 3 is 2.79 bits per heavy atom. The number of halogens is 1. The Morgan fingerprint density at radius 2 is 2.26 bits per heavy atom. The van der Waals surface area contributed by atoms with E-state index in [1.807, 2.05) is 6.07 Å². The molecule has 0 amide bonds. The minimum atomic E-state index is 0.167. The van der Waals surface area contributed by atoms with Gasteiger partial charge in [-0.2, -0.15) is 0 Å². The van der Waals surface area contributed by atoms with Crippen molar-refractivity contribution >= 4 is 15.9 Å². The minimum Gasteiger partial charge on any atom is -0.496 e. The zero-order chi connectivity index (χ0) is 13.7. The van der Waals surface area contributed by atoms with Gasteiger partial charge in [-0.3, -0.25) is 0 Å². The van der Waals surface area contributed by atoms with Gasteiger partial charge in [0.2, 0.25) is 0 Å². The van der Waals surface area contributed by atoms with Crippen molar-refractivity contribution in [3.8, 4) is 5.75 Å². The van der Waals surface area contributed by atoms with Crippen LogP contribution >= 0.6 is 15.9 Å². The summed E-state index contributed by atoms with van der Waals surface area (Å²) in [5, 5.41) is 3.47. The van der Waals surface area contributed by atoms with Crippen molar-refractivity contribution in [3.05, 3.63) is 28.2 Å². The summed E-state index contributed by atoms with van der Waals surface area (Å²) in [5.74, 6) is 0.866. The molecule has 5 heteroatoms. The van der Waals surface area contributed by atoms with Crippen molar-refractivity contribution in [2.24, 2.45) is 11.1 Å². The standard InChI is InChI=1S/C14H21BrN2O2/c1-18-13-3-2-11(6-12(13)15)4-5-17-8-14(7-16)9-19-10-14/h2-3,6,17H,4-5,7-10,16H2,1H3. The van der Waals surface area contributed by atoms with Crippen LogP contribution in [-0.2, 0) is 11.2 Å². The molecule has 0 saturated carbocycles. The Morgan fingerprint density at radius 1 is 1.47 bits per heavy atom. The fraction of sp³-hybridized carbons (Fsp3) is 0.571. The lowest BCUT2D eigenvalue weighted by Gasteiger charge is -2.40. The maximum absolute atomic E-state index is 5.77. The van der Waals surface area contributed by atoms with Crippen molar-refractivity contribution in [3.63, 3.8) is 0 Å². The highest BCUT2D eigenvalue weighted by Gasteiger charge is 2.36. The Kier molecular flexibility index (Phi) is 5.21. The molecule has 0 unspecified atom stereocenters. The summed E-state index contributed by atoms with van der Waals surface area (Å²) in [6, 6.07) is 6.18. The molecule has 0 bridgehead atoms. The van der Waals surface area contributed by atoms with Crippen LogP contribution < -0.4 is 15.8 Å². The van der Waals surface area contributed by atoms with E-state index in [-0.39, 0.29) is 5.41 Å². The van der Waals surface area contributed by atoms with Crippen LogP contribution in [0.1, 0.15) is 5.56 Å². The summed E-state index contributed by atoms with van der Waals surface area (Å²) in [6.45, 7) is 4.13. The molecule has 0 atom stereocenters. The molecule has 1 aromatic rings. The van der Waals surface area contributed by atoms with Gasteiger partial charge in [-0.1, -0.05) is 6.07 Å². The van der Waals surface area contributed by atoms with Crippen LogP contribution in [0.2, 0.25) is 0 Å². The van der Waals surface area contributed by atoms with Crippen LogP contribution in [-0.4, -0.2) is 40.0 Å². The molecule has 1 aliphatic rings. The van der Waals surface area contributed by atoms with Gasteiger partial charge >= 0.3 is 0 Å². The van der Waals surface area contributed by atoms with Crippen molar-refractivity contribution in [1.82, 2.24) is 5.32 Å². The smallest absolute Gasteiger partial charge is 0.133 e. The highest BCUT2D eigenvalue weighted by Crippen LogP contribution is 2.26. The van der Waals surface area contributed by atoms with Gasteiger partial charge < -0.3 is 20.5 Å². The average molecular weight is 329 g/mol. The first-order valence-electron chi connectivity index (χ1n) is 6.50. The molecule has 19 heavy (non-hydrogen) atoms. The fourth-order valence-corrected chi connectivity index (χ4v) is 2.72. The normalized spacial score (nSPS) is 17.0. The van der Waals surface area contributed by atoms with Gasteiger partial charge in [0, 0.05) is 18.5 Å². The Hall–Kier alpha value is -0.620. The van der Waals surface area contributed by atoms with E-state index in [4.69, 9.17) is 15.2 Å². The first-order chi connectivity index (χ1) is 9.19. The first-order valence-corrected chi connectivity index (χ1v) is 7.29. The first kappa shape index (κ1) is 14.8. The van der Waals surface area contributed by atoms with Crippen LogP contribution in [0.5, 0.6) is 5.75 Å². The lowest BCUT2D eigenvalue weighted by molar-refractivity contribution is -0.104. The highest BCUT2D eigenvalue weighted by atomic mass is 79.9. The van der Waals surface area contributed by atoms with Crippen molar-refractivity contribution < 1.29 is 9.47 Å². The number of methoxy groups -OCH3 is 1. The van der Waals surface area contributed by atoms with E-state index in [0.29, 0.717) is 6.54 Å². The van der Waals surface area contributed by atoms with E-state index in [2.05, 4.69) is 33.4 Å². The molecule has 2 rings (SSSR count). The molecule has 0 spiro atoms. The maximum atomic E-state index is 5.77. The predicted molar refractivity (Wildman–Crippen MR) is 79.6 cm³/mol. The second-order valence-corrected chi connectivity index (χ2v) is 5.95. The number of hydrogen-bond donors (Lipinski definition) is 2. The second-order valence-electron chi connectivity index (χ2n) is 5.09. The molecular formula is C14H21BrN2O2. The average Bonchev–Trinajstić information content (AvgIpc) is 2.37. The third kappa shape index (κ3) is 3.69. The Labute approximate surface area is 122 Å². The van der Waals surface area contributed by atoms with Crippen LogP contribution in [0, 0.1) is 5.41 Å². The number of rotatable bonds is 7. The van der Waals surface area contributed by atoms with Crippen molar-refractivity contribution in [2.45, 2.75) is 6.42 Å². The molecule has 1 saturated heterocycles. The van der Waals surface area contributed by atoms with Gasteiger partial charge in [-0.15, -0.1) is 0 Å². The van der Waals surface area contributed by atoms with Gasteiger partial charge in [-0.05, 0) is 46.6 Å². The number of ether oxygens (including phenoxy) is 2. The lowest BCUT2D eigenvalue weighted by atomic mass is 9.86. The molecule has 1 aromatic carbocycles. The van der Waals surface area contributed by atoms with Gasteiger partial charge in [0.1, 0.15) is 5.75 Å².